The van der Waals surface area contributed by atoms with Gasteiger partial charge in [-0.05, 0) is 37.1 Å². The highest BCUT2D eigenvalue weighted by atomic mass is 35.5. The fraction of sp³-hybridized carbons (Fsp3) is 0.562. The van der Waals surface area contributed by atoms with E-state index in [9.17, 15) is 4.79 Å². The fourth-order valence-corrected chi connectivity index (χ4v) is 3.35. The molecule has 0 spiro atoms. The lowest BCUT2D eigenvalue weighted by molar-refractivity contribution is -0.121. The van der Waals surface area contributed by atoms with Gasteiger partial charge in [0.2, 0.25) is 5.91 Å². The quantitative estimate of drug-likeness (QED) is 0.779. The molecule has 0 atom stereocenters. The summed E-state index contributed by atoms with van der Waals surface area (Å²) in [5.74, 6) is 0.0955. The zero-order valence-electron chi connectivity index (χ0n) is 13.0. The number of amides is 1. The first-order valence-corrected chi connectivity index (χ1v) is 8.61. The molecule has 1 aromatic rings. The summed E-state index contributed by atoms with van der Waals surface area (Å²) >= 11 is 1.84. The average molecular weight is 345 g/mol. The van der Waals surface area contributed by atoms with Crippen molar-refractivity contribution in [3.63, 3.8) is 0 Å². The number of anilines is 1. The van der Waals surface area contributed by atoms with Crippen LogP contribution in [0.4, 0.5) is 5.69 Å². The molecule has 1 fully saturated rings. The second-order valence-corrected chi connectivity index (χ2v) is 6.75. The number of benzene rings is 1. The Balaban J connectivity index is 0.00000242. The minimum absolute atomic E-state index is 0. The topological polar surface area (TPSA) is 64.4 Å². The van der Waals surface area contributed by atoms with E-state index in [2.05, 4.69) is 11.6 Å². The molecule has 6 heteroatoms. The van der Waals surface area contributed by atoms with Crippen molar-refractivity contribution in [3.05, 3.63) is 29.8 Å². The second kappa shape index (κ2) is 9.28. The van der Waals surface area contributed by atoms with Crippen LogP contribution in [0.1, 0.15) is 24.8 Å². The van der Waals surface area contributed by atoms with E-state index in [4.69, 9.17) is 10.5 Å². The number of hydrogen-bond acceptors (Lipinski definition) is 4. The predicted octanol–water partition coefficient (Wildman–Crippen LogP) is 2.65. The summed E-state index contributed by atoms with van der Waals surface area (Å²) in [4.78, 5) is 12.0. The van der Waals surface area contributed by atoms with Crippen molar-refractivity contribution < 1.29 is 9.53 Å². The molecule has 124 valence electrons. The zero-order chi connectivity index (χ0) is 15.1. The lowest BCUT2D eigenvalue weighted by Gasteiger charge is -2.35. The van der Waals surface area contributed by atoms with Gasteiger partial charge >= 0.3 is 0 Å². The van der Waals surface area contributed by atoms with Crippen LogP contribution in [0.5, 0.6) is 0 Å². The van der Waals surface area contributed by atoms with Gasteiger partial charge in [-0.3, -0.25) is 4.79 Å². The van der Waals surface area contributed by atoms with Gasteiger partial charge in [0.15, 0.2) is 0 Å². The first-order valence-electron chi connectivity index (χ1n) is 7.38. The summed E-state index contributed by atoms with van der Waals surface area (Å²) in [5, 5.41) is 3.08. The molecule has 1 heterocycles. The number of carbonyl (C=O) groups is 1. The highest BCUT2D eigenvalue weighted by molar-refractivity contribution is 8.00. The minimum atomic E-state index is 0. The van der Waals surface area contributed by atoms with Crippen LogP contribution in [-0.2, 0) is 16.0 Å². The normalized spacial score (nSPS) is 16.6. The molecule has 0 aromatic heterocycles. The van der Waals surface area contributed by atoms with Crippen LogP contribution < -0.4 is 11.1 Å². The van der Waals surface area contributed by atoms with E-state index >= 15 is 0 Å². The van der Waals surface area contributed by atoms with Crippen molar-refractivity contribution in [2.45, 2.75) is 30.4 Å². The van der Waals surface area contributed by atoms with Crippen molar-refractivity contribution in [3.8, 4) is 0 Å². The molecule has 0 aliphatic carbocycles. The Kier molecular flexibility index (Phi) is 8.07. The number of halogens is 1. The maximum Gasteiger partial charge on any atom is 0.220 e. The van der Waals surface area contributed by atoms with Crippen LogP contribution in [0.25, 0.3) is 0 Å². The Hall–Kier alpha value is -0.910. The summed E-state index contributed by atoms with van der Waals surface area (Å²) in [5.41, 5.74) is 7.69. The number of nitrogen functional groups attached to an aromatic ring is 1. The average Bonchev–Trinajstić information content (AvgIpc) is 2.53. The Morgan fingerprint density at radius 3 is 2.68 bits per heavy atom. The van der Waals surface area contributed by atoms with E-state index in [1.165, 1.54) is 0 Å². The molecular formula is C16H25ClN2O2S. The molecule has 1 amide bonds. The van der Waals surface area contributed by atoms with Crippen molar-refractivity contribution in [2.75, 3.05) is 31.7 Å². The Morgan fingerprint density at radius 2 is 2.05 bits per heavy atom. The molecule has 1 aromatic carbocycles. The zero-order valence-corrected chi connectivity index (χ0v) is 14.6. The van der Waals surface area contributed by atoms with Gasteiger partial charge in [-0.15, -0.1) is 12.4 Å². The number of nitrogens with one attached hydrogen (secondary N) is 1. The number of para-hydroxylation sites is 1. The third-order valence-electron chi connectivity index (χ3n) is 4.12. The summed E-state index contributed by atoms with van der Waals surface area (Å²) in [6.07, 6.45) is 5.28. The van der Waals surface area contributed by atoms with E-state index < -0.39 is 0 Å². The molecule has 1 aliphatic heterocycles. The number of carbonyl (C=O) groups excluding carboxylic acids is 1. The maximum absolute atomic E-state index is 12.0. The number of hydrogen-bond donors (Lipinski definition) is 2. The molecular weight excluding hydrogens is 320 g/mol. The third-order valence-corrected chi connectivity index (χ3v) is 5.54. The lowest BCUT2D eigenvalue weighted by atomic mass is 9.99. The maximum atomic E-state index is 12.0. The Bertz CT molecular complexity index is 479. The van der Waals surface area contributed by atoms with Gasteiger partial charge in [-0.25, -0.2) is 0 Å². The third kappa shape index (κ3) is 5.38. The molecule has 4 nitrogen and oxygen atoms in total. The molecule has 0 radical (unpaired) electrons. The van der Waals surface area contributed by atoms with Gasteiger partial charge in [0.05, 0.1) is 0 Å². The van der Waals surface area contributed by atoms with Crippen LogP contribution in [-0.4, -0.2) is 36.7 Å². The van der Waals surface area contributed by atoms with Gasteiger partial charge in [0, 0.05) is 36.6 Å². The first kappa shape index (κ1) is 19.1. The van der Waals surface area contributed by atoms with Crippen molar-refractivity contribution >= 4 is 35.8 Å². The lowest BCUT2D eigenvalue weighted by Crippen LogP contribution is -2.44. The molecule has 0 bridgehead atoms. The molecule has 2 rings (SSSR count). The van der Waals surface area contributed by atoms with Gasteiger partial charge in [-0.2, -0.15) is 11.8 Å². The SMILES string of the molecule is CSC1(CNC(=O)CCc2ccccc2N)CCOCC1.Cl. The fourth-order valence-electron chi connectivity index (χ4n) is 2.55. The van der Waals surface area contributed by atoms with Crippen LogP contribution in [0.15, 0.2) is 24.3 Å². The molecule has 0 unspecified atom stereocenters. The highest BCUT2D eigenvalue weighted by Gasteiger charge is 2.31. The van der Waals surface area contributed by atoms with E-state index in [0.29, 0.717) is 12.8 Å². The van der Waals surface area contributed by atoms with Crippen molar-refractivity contribution in [2.24, 2.45) is 0 Å². The molecule has 3 N–H and O–H groups in total. The summed E-state index contributed by atoms with van der Waals surface area (Å²) in [6, 6.07) is 7.71. The summed E-state index contributed by atoms with van der Waals surface area (Å²) < 4.78 is 5.55. The number of thioether (sulfide) groups is 1. The number of aryl methyl sites for hydroxylation is 1. The Labute approximate surface area is 143 Å². The number of nitrogens with two attached hydrogens (primary N) is 1. The molecule has 1 aliphatic rings. The molecule has 22 heavy (non-hydrogen) atoms. The van der Waals surface area contributed by atoms with E-state index in [-0.39, 0.29) is 23.1 Å². The van der Waals surface area contributed by atoms with E-state index in [1.807, 2.05) is 36.0 Å². The predicted molar refractivity (Wildman–Crippen MR) is 95.7 cm³/mol. The smallest absolute Gasteiger partial charge is 0.220 e. The van der Waals surface area contributed by atoms with Gasteiger partial charge < -0.3 is 15.8 Å². The van der Waals surface area contributed by atoms with E-state index in [0.717, 1.165) is 43.9 Å². The standard InChI is InChI=1S/C16H24N2O2S.ClH/c1-21-16(8-10-20-11-9-16)12-18-15(19)7-6-13-4-2-3-5-14(13)17;/h2-5H,6-12,17H2,1H3,(H,18,19);1H. The van der Waals surface area contributed by atoms with Crippen LogP contribution in [0, 0.1) is 0 Å². The van der Waals surface area contributed by atoms with Crippen LogP contribution in [0.3, 0.4) is 0 Å². The summed E-state index contributed by atoms with van der Waals surface area (Å²) in [7, 11) is 0. The molecule has 1 saturated heterocycles. The monoisotopic (exact) mass is 344 g/mol. The largest absolute Gasteiger partial charge is 0.399 e. The summed E-state index contributed by atoms with van der Waals surface area (Å²) in [6.45, 7) is 2.30. The number of rotatable bonds is 6. The molecule has 0 saturated carbocycles. The van der Waals surface area contributed by atoms with Gasteiger partial charge in [-0.1, -0.05) is 18.2 Å². The van der Waals surface area contributed by atoms with Crippen LogP contribution >= 0.6 is 24.2 Å². The number of ether oxygens (including phenoxy) is 1. The van der Waals surface area contributed by atoms with Crippen molar-refractivity contribution in [1.29, 1.82) is 0 Å². The van der Waals surface area contributed by atoms with E-state index in [1.54, 1.807) is 0 Å². The highest BCUT2D eigenvalue weighted by Crippen LogP contribution is 2.32. The second-order valence-electron chi connectivity index (χ2n) is 5.48. The Morgan fingerprint density at radius 1 is 1.36 bits per heavy atom. The van der Waals surface area contributed by atoms with Gasteiger partial charge in [0.25, 0.3) is 0 Å². The van der Waals surface area contributed by atoms with Gasteiger partial charge in [0.1, 0.15) is 0 Å². The first-order chi connectivity index (χ1) is 10.2. The van der Waals surface area contributed by atoms with Crippen molar-refractivity contribution in [1.82, 2.24) is 5.32 Å². The minimum Gasteiger partial charge on any atom is -0.399 e. The van der Waals surface area contributed by atoms with Crippen LogP contribution in [0.2, 0.25) is 0 Å².